The van der Waals surface area contributed by atoms with Crippen LogP contribution in [0.3, 0.4) is 0 Å². The van der Waals surface area contributed by atoms with Crippen LogP contribution in [0.5, 0.6) is 0 Å². The van der Waals surface area contributed by atoms with Crippen molar-refractivity contribution >= 4 is 5.91 Å². The van der Waals surface area contributed by atoms with Gasteiger partial charge in [0.15, 0.2) is 0 Å². The van der Waals surface area contributed by atoms with Crippen LogP contribution in [0.1, 0.15) is 239 Å². The van der Waals surface area contributed by atoms with Gasteiger partial charge in [0.2, 0.25) is 5.91 Å². The first-order valence-corrected chi connectivity index (χ1v) is 22.6. The third-order valence-corrected chi connectivity index (χ3v) is 10.5. The lowest BCUT2D eigenvalue weighted by molar-refractivity contribution is -0.124. The van der Waals surface area contributed by atoms with Gasteiger partial charge in [-0.3, -0.25) is 4.79 Å². The van der Waals surface area contributed by atoms with Gasteiger partial charge in [-0.2, -0.15) is 0 Å². The third kappa shape index (κ3) is 38.4. The van der Waals surface area contributed by atoms with Gasteiger partial charge in [-0.05, 0) is 32.1 Å². The molecule has 1 amide bonds. The Labute approximate surface area is 318 Å². The molecule has 5 heteroatoms. The third-order valence-electron chi connectivity index (χ3n) is 10.5. The molecule has 0 aromatic rings. The van der Waals surface area contributed by atoms with Crippen LogP contribution in [0.4, 0.5) is 0 Å². The molecule has 4 N–H and O–H groups in total. The maximum atomic E-state index is 12.4. The highest BCUT2D eigenvalue weighted by molar-refractivity contribution is 5.76. The van der Waals surface area contributed by atoms with E-state index in [4.69, 9.17) is 0 Å². The van der Waals surface area contributed by atoms with E-state index in [1.165, 1.54) is 180 Å². The molecule has 0 rings (SSSR count). The van der Waals surface area contributed by atoms with E-state index in [0.717, 1.165) is 32.1 Å². The summed E-state index contributed by atoms with van der Waals surface area (Å²) in [7, 11) is 0. The average Bonchev–Trinajstić information content (AvgIpc) is 3.12. The van der Waals surface area contributed by atoms with Crippen molar-refractivity contribution in [2.45, 2.75) is 257 Å². The van der Waals surface area contributed by atoms with Crippen LogP contribution in [0.2, 0.25) is 0 Å². The SMILES string of the molecule is CCCCCCCCCCCCCCCCCCCC/C=C/CC/C=C/C(O)C(CO)NC(=O)CC(O)CCCCCCCCCCCCCC. The molecule has 0 aliphatic carbocycles. The second-order valence-corrected chi connectivity index (χ2v) is 15.7. The van der Waals surface area contributed by atoms with Crippen molar-refractivity contribution in [2.75, 3.05) is 6.61 Å². The number of amides is 1. The van der Waals surface area contributed by atoms with Gasteiger partial charge < -0.3 is 20.6 Å². The van der Waals surface area contributed by atoms with Gasteiger partial charge >= 0.3 is 0 Å². The zero-order valence-electron chi connectivity index (χ0n) is 34.2. The summed E-state index contributed by atoms with van der Waals surface area (Å²) in [5.41, 5.74) is 0. The molecule has 3 unspecified atom stereocenters. The van der Waals surface area contributed by atoms with Crippen molar-refractivity contribution in [2.24, 2.45) is 0 Å². The molecule has 0 saturated carbocycles. The molecule has 0 aliphatic heterocycles. The standard InChI is InChI=1S/C46H89NO4/c1-3-5-7-9-11-13-15-17-18-19-20-21-22-23-24-25-26-27-28-30-32-34-36-38-40-45(50)44(42-48)47-46(51)41-43(49)39-37-35-33-31-29-16-14-12-10-8-6-4-2/h30,32,38,40,43-45,48-50H,3-29,31,33-37,39,41-42H2,1-2H3,(H,47,51)/b32-30+,40-38+. The number of hydrogen-bond acceptors (Lipinski definition) is 4. The van der Waals surface area contributed by atoms with Crippen molar-refractivity contribution in [3.05, 3.63) is 24.3 Å². The highest BCUT2D eigenvalue weighted by Crippen LogP contribution is 2.16. The predicted octanol–water partition coefficient (Wildman–Crippen LogP) is 13.0. The molecule has 0 radical (unpaired) electrons. The number of allylic oxidation sites excluding steroid dienone is 3. The molecule has 0 spiro atoms. The molecule has 0 saturated heterocycles. The van der Waals surface area contributed by atoms with E-state index in [1.807, 2.05) is 6.08 Å². The van der Waals surface area contributed by atoms with Crippen molar-refractivity contribution in [1.29, 1.82) is 0 Å². The number of aliphatic hydroxyl groups is 3. The summed E-state index contributed by atoms with van der Waals surface area (Å²) < 4.78 is 0. The molecule has 51 heavy (non-hydrogen) atoms. The highest BCUT2D eigenvalue weighted by Gasteiger charge is 2.20. The van der Waals surface area contributed by atoms with E-state index in [-0.39, 0.29) is 18.9 Å². The van der Waals surface area contributed by atoms with Crippen LogP contribution in [0, 0.1) is 0 Å². The Morgan fingerprint density at radius 2 is 0.843 bits per heavy atom. The molecule has 5 nitrogen and oxygen atoms in total. The second-order valence-electron chi connectivity index (χ2n) is 15.7. The fourth-order valence-corrected chi connectivity index (χ4v) is 7.00. The number of unbranched alkanes of at least 4 members (excludes halogenated alkanes) is 30. The number of rotatable bonds is 41. The summed E-state index contributed by atoms with van der Waals surface area (Å²) in [5.74, 6) is -0.324. The second kappa shape index (κ2) is 41.6. The Balaban J connectivity index is 3.65. The quantitative estimate of drug-likeness (QED) is 0.0374. The number of carbonyl (C=O) groups is 1. The lowest BCUT2D eigenvalue weighted by Crippen LogP contribution is -2.45. The lowest BCUT2D eigenvalue weighted by Gasteiger charge is -2.21. The molecular weight excluding hydrogens is 631 g/mol. The first-order valence-electron chi connectivity index (χ1n) is 22.6. The predicted molar refractivity (Wildman–Crippen MR) is 222 cm³/mol. The molecule has 0 aromatic carbocycles. The van der Waals surface area contributed by atoms with Gasteiger partial charge in [-0.25, -0.2) is 0 Å². The first kappa shape index (κ1) is 49.8. The molecule has 0 aromatic heterocycles. The van der Waals surface area contributed by atoms with Gasteiger partial charge in [0, 0.05) is 0 Å². The van der Waals surface area contributed by atoms with E-state index in [2.05, 4.69) is 31.3 Å². The van der Waals surface area contributed by atoms with E-state index < -0.39 is 18.2 Å². The van der Waals surface area contributed by atoms with Gasteiger partial charge in [-0.1, -0.05) is 224 Å². The molecular formula is C46H89NO4. The van der Waals surface area contributed by atoms with Gasteiger partial charge in [-0.15, -0.1) is 0 Å². The fourth-order valence-electron chi connectivity index (χ4n) is 7.00. The summed E-state index contributed by atoms with van der Waals surface area (Å²) >= 11 is 0. The summed E-state index contributed by atoms with van der Waals surface area (Å²) in [6, 6.07) is -0.757. The summed E-state index contributed by atoms with van der Waals surface area (Å²) in [6.07, 6.45) is 50.5. The maximum absolute atomic E-state index is 12.4. The zero-order valence-corrected chi connectivity index (χ0v) is 34.2. The number of aliphatic hydroxyl groups excluding tert-OH is 3. The molecule has 0 bridgehead atoms. The largest absolute Gasteiger partial charge is 0.394 e. The van der Waals surface area contributed by atoms with Crippen molar-refractivity contribution in [3.63, 3.8) is 0 Å². The van der Waals surface area contributed by atoms with E-state index >= 15 is 0 Å². The van der Waals surface area contributed by atoms with Crippen LogP contribution < -0.4 is 5.32 Å². The van der Waals surface area contributed by atoms with E-state index in [9.17, 15) is 20.1 Å². The first-order chi connectivity index (χ1) is 25.0. The summed E-state index contributed by atoms with van der Waals surface area (Å²) in [6.45, 7) is 4.21. The molecule has 0 fully saturated rings. The monoisotopic (exact) mass is 720 g/mol. The lowest BCUT2D eigenvalue weighted by atomic mass is 10.0. The average molecular weight is 720 g/mol. The number of carbonyl (C=O) groups excluding carboxylic acids is 1. The van der Waals surface area contributed by atoms with Crippen molar-refractivity contribution in [3.8, 4) is 0 Å². The topological polar surface area (TPSA) is 89.8 Å². The highest BCUT2D eigenvalue weighted by atomic mass is 16.3. The van der Waals surface area contributed by atoms with Gasteiger partial charge in [0.05, 0.1) is 31.3 Å². The molecule has 0 aliphatic rings. The molecule has 0 heterocycles. The minimum Gasteiger partial charge on any atom is -0.394 e. The van der Waals surface area contributed by atoms with Crippen LogP contribution in [-0.2, 0) is 4.79 Å². The minimum absolute atomic E-state index is 0.00916. The Bertz CT molecular complexity index is 754. The number of nitrogens with one attached hydrogen (secondary N) is 1. The van der Waals surface area contributed by atoms with E-state index in [1.54, 1.807) is 6.08 Å². The Hall–Kier alpha value is -1.17. The zero-order chi connectivity index (χ0) is 37.3. The molecule has 3 atom stereocenters. The normalized spacial score (nSPS) is 13.7. The summed E-state index contributed by atoms with van der Waals surface area (Å²) in [5, 5.41) is 33.2. The van der Waals surface area contributed by atoms with Crippen LogP contribution in [-0.4, -0.2) is 46.1 Å². The van der Waals surface area contributed by atoms with Gasteiger partial charge in [0.25, 0.3) is 0 Å². The fraction of sp³-hybridized carbons (Fsp3) is 0.891. The van der Waals surface area contributed by atoms with E-state index in [0.29, 0.717) is 6.42 Å². The number of hydrogen-bond donors (Lipinski definition) is 4. The smallest absolute Gasteiger partial charge is 0.222 e. The minimum atomic E-state index is -0.948. The molecule has 302 valence electrons. The van der Waals surface area contributed by atoms with Crippen LogP contribution in [0.15, 0.2) is 24.3 Å². The van der Waals surface area contributed by atoms with Crippen molar-refractivity contribution in [1.82, 2.24) is 5.32 Å². The summed E-state index contributed by atoms with van der Waals surface area (Å²) in [4.78, 5) is 12.4. The van der Waals surface area contributed by atoms with Crippen LogP contribution in [0.25, 0.3) is 0 Å². The van der Waals surface area contributed by atoms with Gasteiger partial charge in [0.1, 0.15) is 0 Å². The Morgan fingerprint density at radius 3 is 1.25 bits per heavy atom. The maximum Gasteiger partial charge on any atom is 0.222 e. The Kier molecular flexibility index (Phi) is 40.6. The van der Waals surface area contributed by atoms with Crippen molar-refractivity contribution < 1.29 is 20.1 Å². The van der Waals surface area contributed by atoms with Crippen LogP contribution >= 0.6 is 0 Å². The Morgan fingerprint density at radius 1 is 0.490 bits per heavy atom.